The van der Waals surface area contributed by atoms with Gasteiger partial charge in [-0.05, 0) is 30.7 Å². The fourth-order valence-corrected chi connectivity index (χ4v) is 3.86. The summed E-state index contributed by atoms with van der Waals surface area (Å²) in [5.41, 5.74) is 1.20. The fourth-order valence-electron chi connectivity index (χ4n) is 3.68. The van der Waals surface area contributed by atoms with Gasteiger partial charge in [-0.2, -0.15) is 4.85 Å². The molecule has 0 bridgehead atoms. The van der Waals surface area contributed by atoms with Crippen molar-refractivity contribution in [1.82, 2.24) is 14.8 Å². The average Bonchev–Trinajstić information content (AvgIpc) is 2.99. The Kier molecular flexibility index (Phi) is 5.04. The Morgan fingerprint density at radius 2 is 1.92 bits per heavy atom. The highest BCUT2D eigenvalue weighted by Gasteiger charge is 2.31. The number of amidine groups is 1. The molecule has 26 heavy (non-hydrogen) atoms. The molecule has 0 amide bonds. The summed E-state index contributed by atoms with van der Waals surface area (Å²) in [7, 11) is 0. The minimum Gasteiger partial charge on any atom is -0.692 e. The molecule has 0 N–H and O–H groups in total. The zero-order valence-corrected chi connectivity index (χ0v) is 15.6. The van der Waals surface area contributed by atoms with Gasteiger partial charge in [-0.1, -0.05) is 23.7 Å². The molecule has 0 aromatic heterocycles. The predicted molar refractivity (Wildman–Crippen MR) is 105 cm³/mol. The normalized spacial score (nSPS) is 20.3. The molecule has 1 aromatic carbocycles. The smallest absolute Gasteiger partial charge is 0.305 e. The number of fused-ring (bicyclic) bond motifs is 1. The Hall–Kier alpha value is -2.18. The zero-order chi connectivity index (χ0) is 17.9. The van der Waals surface area contributed by atoms with Crippen LogP contribution in [0, 0.1) is 5.21 Å². The third kappa shape index (κ3) is 3.66. The lowest BCUT2D eigenvalue weighted by Crippen LogP contribution is -2.47. The van der Waals surface area contributed by atoms with E-state index in [0.29, 0.717) is 12.5 Å². The zero-order valence-electron chi connectivity index (χ0n) is 14.8. The molecule has 6 nitrogen and oxygen atoms in total. The van der Waals surface area contributed by atoms with Gasteiger partial charge in [0.25, 0.3) is 0 Å². The van der Waals surface area contributed by atoms with Crippen LogP contribution < -0.4 is 4.90 Å². The van der Waals surface area contributed by atoms with Crippen LogP contribution in [-0.2, 0) is 0 Å². The third-order valence-corrected chi connectivity index (χ3v) is 5.36. The second-order valence-electron chi connectivity index (χ2n) is 6.84. The molecule has 1 saturated heterocycles. The van der Waals surface area contributed by atoms with Crippen molar-refractivity contribution in [2.24, 2.45) is 0 Å². The summed E-state index contributed by atoms with van der Waals surface area (Å²) < 4.78 is 0. The molecule has 1 aromatic rings. The van der Waals surface area contributed by atoms with Gasteiger partial charge in [0.1, 0.15) is 0 Å². The molecule has 0 aliphatic carbocycles. The summed E-state index contributed by atoms with van der Waals surface area (Å²) in [4.78, 5) is 7.87. The summed E-state index contributed by atoms with van der Waals surface area (Å²) in [6.45, 7) is 6.56. The van der Waals surface area contributed by atoms with Crippen molar-refractivity contribution in [1.29, 1.82) is 0 Å². The van der Waals surface area contributed by atoms with E-state index in [2.05, 4.69) is 15.9 Å². The molecular weight excluding hydrogens is 350 g/mol. The standard InChI is InChI=1S/C19H24ClN5O/c20-17-5-3-6-18(15-17)22-13-11-21(12-14-22)8-4-10-24-16-23-9-2-1-7-19(23)25(24)26/h1-3,5-7,9,15H,4,8,10-14,16H2. The minimum atomic E-state index is 0.641. The maximum atomic E-state index is 12.3. The van der Waals surface area contributed by atoms with E-state index in [0.717, 1.165) is 55.6 Å². The molecule has 3 aliphatic rings. The number of benzene rings is 1. The summed E-state index contributed by atoms with van der Waals surface area (Å²) in [6.07, 6.45) is 8.67. The second kappa shape index (κ2) is 7.60. The topological polar surface area (TPSA) is 39.0 Å². The van der Waals surface area contributed by atoms with E-state index in [9.17, 15) is 5.21 Å². The maximum absolute atomic E-state index is 12.3. The Bertz CT molecular complexity index is 739. The van der Waals surface area contributed by atoms with Crippen molar-refractivity contribution in [3.63, 3.8) is 0 Å². The lowest BCUT2D eigenvalue weighted by atomic mass is 10.2. The van der Waals surface area contributed by atoms with E-state index in [-0.39, 0.29) is 0 Å². The van der Waals surface area contributed by atoms with Gasteiger partial charge in [-0.25, -0.2) is 9.91 Å². The second-order valence-corrected chi connectivity index (χ2v) is 7.27. The monoisotopic (exact) mass is 373 g/mol. The highest BCUT2D eigenvalue weighted by Crippen LogP contribution is 2.21. The maximum Gasteiger partial charge on any atom is 0.305 e. The van der Waals surface area contributed by atoms with Crippen molar-refractivity contribution in [2.45, 2.75) is 6.42 Å². The number of hydrogen-bond donors (Lipinski definition) is 0. The van der Waals surface area contributed by atoms with Crippen LogP contribution in [0.1, 0.15) is 6.42 Å². The summed E-state index contributed by atoms with van der Waals surface area (Å²) in [5, 5.41) is 14.9. The Morgan fingerprint density at radius 1 is 1.08 bits per heavy atom. The van der Waals surface area contributed by atoms with Crippen LogP contribution in [0.25, 0.3) is 0 Å². The third-order valence-electron chi connectivity index (χ3n) is 5.12. The largest absolute Gasteiger partial charge is 0.692 e. The molecule has 0 radical (unpaired) electrons. The van der Waals surface area contributed by atoms with Crippen molar-refractivity contribution in [2.75, 3.05) is 50.8 Å². The quantitative estimate of drug-likeness (QED) is 0.585. The van der Waals surface area contributed by atoms with Crippen LogP contribution in [0.3, 0.4) is 0 Å². The summed E-state index contributed by atoms with van der Waals surface area (Å²) in [6, 6.07) is 8.07. The van der Waals surface area contributed by atoms with Crippen LogP contribution in [0.15, 0.2) is 48.7 Å². The van der Waals surface area contributed by atoms with Crippen LogP contribution in [0.4, 0.5) is 5.69 Å². The highest BCUT2D eigenvalue weighted by molar-refractivity contribution is 6.30. The van der Waals surface area contributed by atoms with Crippen molar-refractivity contribution >= 4 is 23.1 Å². The molecule has 7 heteroatoms. The molecule has 138 valence electrons. The van der Waals surface area contributed by atoms with Crippen LogP contribution in [-0.4, -0.2) is 71.4 Å². The summed E-state index contributed by atoms with van der Waals surface area (Å²) >= 11 is 6.10. The molecule has 1 fully saturated rings. The van der Waals surface area contributed by atoms with E-state index >= 15 is 0 Å². The first kappa shape index (κ1) is 17.2. The number of allylic oxidation sites excluding steroid dienone is 2. The van der Waals surface area contributed by atoms with Gasteiger partial charge < -0.3 is 10.1 Å². The number of anilines is 1. The van der Waals surface area contributed by atoms with E-state index in [1.807, 2.05) is 52.5 Å². The SMILES string of the molecule is [O-][N+]1=C2C=CC=CN2CN1CCCN1CCN(c2cccc(Cl)c2)CC1. The number of hydrazine groups is 1. The van der Waals surface area contributed by atoms with E-state index < -0.39 is 0 Å². The molecular formula is C19H24ClN5O. The van der Waals surface area contributed by atoms with Crippen LogP contribution in [0.5, 0.6) is 0 Å². The number of hydrazone groups is 1. The van der Waals surface area contributed by atoms with Crippen molar-refractivity contribution in [3.05, 3.63) is 58.9 Å². The van der Waals surface area contributed by atoms with E-state index in [4.69, 9.17) is 11.6 Å². The van der Waals surface area contributed by atoms with Gasteiger partial charge in [0, 0.05) is 49.5 Å². The van der Waals surface area contributed by atoms with Crippen molar-refractivity contribution in [3.8, 4) is 0 Å². The molecule has 4 rings (SSSR count). The average molecular weight is 374 g/mol. The Balaban J connectivity index is 1.22. The lowest BCUT2D eigenvalue weighted by Gasteiger charge is -2.36. The van der Waals surface area contributed by atoms with Gasteiger partial charge in [0.2, 0.25) is 0 Å². The van der Waals surface area contributed by atoms with Crippen LogP contribution in [0.2, 0.25) is 5.02 Å². The molecule has 0 atom stereocenters. The molecule has 0 saturated carbocycles. The Labute approximate surface area is 159 Å². The van der Waals surface area contributed by atoms with Gasteiger partial charge in [0.15, 0.2) is 6.67 Å². The highest BCUT2D eigenvalue weighted by atomic mass is 35.5. The summed E-state index contributed by atoms with van der Waals surface area (Å²) in [5.74, 6) is 0.711. The molecule has 0 unspecified atom stereocenters. The van der Waals surface area contributed by atoms with E-state index in [1.54, 1.807) is 0 Å². The molecule has 3 aliphatic heterocycles. The number of halogens is 1. The number of hydrogen-bond acceptors (Lipinski definition) is 5. The lowest BCUT2D eigenvalue weighted by molar-refractivity contribution is -0.626. The fraction of sp³-hybridized carbons (Fsp3) is 0.421. The van der Waals surface area contributed by atoms with Gasteiger partial charge >= 0.3 is 5.84 Å². The predicted octanol–water partition coefficient (Wildman–Crippen LogP) is 2.33. The van der Waals surface area contributed by atoms with Gasteiger partial charge in [0.05, 0.1) is 12.7 Å². The number of rotatable bonds is 5. The van der Waals surface area contributed by atoms with Gasteiger partial charge in [-0.15, -0.1) is 0 Å². The molecule has 3 heterocycles. The van der Waals surface area contributed by atoms with E-state index in [1.165, 1.54) is 5.69 Å². The minimum absolute atomic E-state index is 0.641. The first-order valence-electron chi connectivity index (χ1n) is 9.14. The number of piperazine rings is 1. The first-order chi connectivity index (χ1) is 12.7. The molecule has 0 spiro atoms. The first-order valence-corrected chi connectivity index (χ1v) is 9.52. The Morgan fingerprint density at radius 3 is 2.69 bits per heavy atom. The number of nitrogens with zero attached hydrogens (tertiary/aromatic N) is 5. The van der Waals surface area contributed by atoms with Gasteiger partial charge in [-0.3, -0.25) is 4.90 Å². The van der Waals surface area contributed by atoms with Crippen molar-refractivity contribution < 1.29 is 4.85 Å². The van der Waals surface area contributed by atoms with Crippen LogP contribution >= 0.6 is 11.6 Å².